The fourth-order valence-electron chi connectivity index (χ4n) is 3.20. The van der Waals surface area contributed by atoms with Crippen LogP contribution in [0.2, 0.25) is 0 Å². The number of carbonyl (C=O) groups excluding carboxylic acids is 2. The smallest absolute Gasteiger partial charge is 0.293 e. The molecular weight excluding hydrogens is 462 g/mol. The molecular formula is C23H20BrN3O2S. The number of carbonyl (C=O) groups is 2. The molecule has 2 heterocycles. The normalized spacial score (nSPS) is 15.3. The van der Waals surface area contributed by atoms with Crippen LogP contribution in [0.4, 0.5) is 10.5 Å². The SMILES string of the molecule is CN(C)c1ccc(-n2cccc2/C=C2\SC(=O)N(Cc3ccc(Br)cc3)C2=O)cc1. The molecule has 1 aliphatic heterocycles. The molecule has 5 nitrogen and oxygen atoms in total. The van der Waals surface area contributed by atoms with Crippen LogP contribution in [0.3, 0.4) is 0 Å². The lowest BCUT2D eigenvalue weighted by molar-refractivity contribution is -0.123. The van der Waals surface area contributed by atoms with Crippen molar-refractivity contribution in [2.75, 3.05) is 19.0 Å². The van der Waals surface area contributed by atoms with Gasteiger partial charge in [0.05, 0.1) is 11.4 Å². The minimum atomic E-state index is -0.261. The third-order valence-electron chi connectivity index (χ3n) is 4.83. The lowest BCUT2D eigenvalue weighted by Crippen LogP contribution is -2.27. The Kier molecular flexibility index (Phi) is 5.83. The number of halogens is 1. The number of anilines is 1. The molecule has 2 amide bonds. The van der Waals surface area contributed by atoms with Crippen LogP contribution in [-0.2, 0) is 11.3 Å². The first kappa shape index (κ1) is 20.5. The first-order valence-electron chi connectivity index (χ1n) is 9.37. The molecule has 0 atom stereocenters. The van der Waals surface area contributed by atoms with Crippen molar-refractivity contribution in [3.05, 3.63) is 87.5 Å². The van der Waals surface area contributed by atoms with Crippen molar-refractivity contribution in [1.82, 2.24) is 9.47 Å². The topological polar surface area (TPSA) is 45.6 Å². The molecule has 1 saturated heterocycles. The highest BCUT2D eigenvalue weighted by molar-refractivity contribution is 9.10. The van der Waals surface area contributed by atoms with Crippen molar-refractivity contribution < 1.29 is 9.59 Å². The molecule has 7 heteroatoms. The first-order chi connectivity index (χ1) is 14.4. The molecule has 3 aromatic rings. The second kappa shape index (κ2) is 8.53. The van der Waals surface area contributed by atoms with Gasteiger partial charge in [-0.25, -0.2) is 0 Å². The monoisotopic (exact) mass is 481 g/mol. The summed E-state index contributed by atoms with van der Waals surface area (Å²) >= 11 is 4.38. The predicted octanol–water partition coefficient (Wildman–Crippen LogP) is 5.54. The number of hydrogen-bond acceptors (Lipinski definition) is 4. The molecule has 1 aliphatic rings. The Labute approximate surface area is 188 Å². The van der Waals surface area contributed by atoms with Gasteiger partial charge in [-0.2, -0.15) is 0 Å². The van der Waals surface area contributed by atoms with E-state index in [0.29, 0.717) is 4.91 Å². The second-order valence-electron chi connectivity index (χ2n) is 7.11. The summed E-state index contributed by atoms with van der Waals surface area (Å²) in [4.78, 5) is 29.1. The zero-order valence-electron chi connectivity index (χ0n) is 16.6. The van der Waals surface area contributed by atoms with Crippen molar-refractivity contribution in [1.29, 1.82) is 0 Å². The number of hydrogen-bond donors (Lipinski definition) is 0. The van der Waals surface area contributed by atoms with Gasteiger partial charge in [-0.3, -0.25) is 14.5 Å². The number of amides is 2. The van der Waals surface area contributed by atoms with E-state index >= 15 is 0 Å². The van der Waals surface area contributed by atoms with Crippen LogP contribution in [0.1, 0.15) is 11.3 Å². The number of thioether (sulfide) groups is 1. The van der Waals surface area contributed by atoms with E-state index in [9.17, 15) is 9.59 Å². The Bertz CT molecular complexity index is 1120. The van der Waals surface area contributed by atoms with Gasteiger partial charge >= 0.3 is 0 Å². The fraction of sp³-hybridized carbons (Fsp3) is 0.130. The largest absolute Gasteiger partial charge is 0.378 e. The molecule has 0 aliphatic carbocycles. The van der Waals surface area contributed by atoms with Crippen LogP contribution in [-0.4, -0.2) is 34.7 Å². The van der Waals surface area contributed by atoms with Crippen molar-refractivity contribution in [3.63, 3.8) is 0 Å². The van der Waals surface area contributed by atoms with Gasteiger partial charge in [-0.1, -0.05) is 28.1 Å². The summed E-state index contributed by atoms with van der Waals surface area (Å²) in [6, 6.07) is 19.6. The van der Waals surface area contributed by atoms with Crippen LogP contribution in [0.5, 0.6) is 0 Å². The number of imide groups is 1. The van der Waals surface area contributed by atoms with Gasteiger partial charge in [0.15, 0.2) is 0 Å². The summed E-state index contributed by atoms with van der Waals surface area (Å²) in [6.45, 7) is 0.266. The van der Waals surface area contributed by atoms with Gasteiger partial charge in [-0.15, -0.1) is 0 Å². The van der Waals surface area contributed by atoms with Gasteiger partial charge in [0, 0.05) is 41.8 Å². The van der Waals surface area contributed by atoms with E-state index in [4.69, 9.17) is 0 Å². The second-order valence-corrected chi connectivity index (χ2v) is 9.02. The Morgan fingerprint density at radius 2 is 1.70 bits per heavy atom. The van der Waals surface area contributed by atoms with Gasteiger partial charge in [0.25, 0.3) is 11.1 Å². The molecule has 1 fully saturated rings. The lowest BCUT2D eigenvalue weighted by Gasteiger charge is -2.14. The van der Waals surface area contributed by atoms with E-state index in [1.54, 1.807) is 6.08 Å². The van der Waals surface area contributed by atoms with Gasteiger partial charge < -0.3 is 9.47 Å². The fourth-order valence-corrected chi connectivity index (χ4v) is 4.29. The van der Waals surface area contributed by atoms with E-state index < -0.39 is 0 Å². The highest BCUT2D eigenvalue weighted by atomic mass is 79.9. The van der Waals surface area contributed by atoms with Gasteiger partial charge in [-0.05, 0) is 71.9 Å². The molecule has 152 valence electrons. The van der Waals surface area contributed by atoms with E-state index in [0.717, 1.165) is 38.9 Å². The van der Waals surface area contributed by atoms with E-state index in [1.807, 2.05) is 90.4 Å². The maximum absolute atomic E-state index is 12.9. The third kappa shape index (κ3) is 4.22. The summed E-state index contributed by atoms with van der Waals surface area (Å²) in [6.07, 6.45) is 3.73. The number of rotatable bonds is 5. The molecule has 0 unspecified atom stereocenters. The van der Waals surface area contributed by atoms with Crippen LogP contribution in [0, 0.1) is 0 Å². The number of nitrogens with zero attached hydrogens (tertiary/aromatic N) is 3. The highest BCUT2D eigenvalue weighted by Gasteiger charge is 2.35. The maximum Gasteiger partial charge on any atom is 0.293 e. The lowest BCUT2D eigenvalue weighted by atomic mass is 10.2. The van der Waals surface area contributed by atoms with Crippen LogP contribution < -0.4 is 4.90 Å². The Hall–Kier alpha value is -2.77. The molecule has 0 spiro atoms. The van der Waals surface area contributed by atoms with E-state index in [1.165, 1.54) is 4.90 Å². The summed E-state index contributed by atoms with van der Waals surface area (Å²) in [5.41, 5.74) is 3.86. The Morgan fingerprint density at radius 3 is 2.37 bits per heavy atom. The molecule has 0 radical (unpaired) electrons. The standard InChI is InChI=1S/C23H20BrN3O2S/c1-25(2)18-9-11-19(12-10-18)26-13-3-4-20(26)14-21-22(28)27(23(29)30-21)15-16-5-7-17(24)8-6-16/h3-14H,15H2,1-2H3/b21-14-. The van der Waals surface area contributed by atoms with Gasteiger partial charge in [0.2, 0.25) is 0 Å². The van der Waals surface area contributed by atoms with Crippen LogP contribution >= 0.6 is 27.7 Å². The Balaban J connectivity index is 1.57. The van der Waals surface area contributed by atoms with Crippen molar-refractivity contribution in [2.24, 2.45) is 0 Å². The minimum absolute atomic E-state index is 0.248. The van der Waals surface area contributed by atoms with E-state index in [-0.39, 0.29) is 17.7 Å². The summed E-state index contributed by atoms with van der Waals surface area (Å²) in [5.74, 6) is -0.261. The van der Waals surface area contributed by atoms with Crippen molar-refractivity contribution >= 4 is 50.6 Å². The predicted molar refractivity (Wildman–Crippen MR) is 126 cm³/mol. The van der Waals surface area contributed by atoms with Gasteiger partial charge in [0.1, 0.15) is 0 Å². The minimum Gasteiger partial charge on any atom is -0.378 e. The van der Waals surface area contributed by atoms with Crippen molar-refractivity contribution in [2.45, 2.75) is 6.54 Å². The first-order valence-corrected chi connectivity index (χ1v) is 11.0. The molecule has 0 N–H and O–H groups in total. The molecule has 0 saturated carbocycles. The summed E-state index contributed by atoms with van der Waals surface area (Å²) in [5, 5.41) is -0.248. The summed E-state index contributed by atoms with van der Waals surface area (Å²) < 4.78 is 2.96. The zero-order valence-corrected chi connectivity index (χ0v) is 19.0. The van der Waals surface area contributed by atoms with Crippen molar-refractivity contribution in [3.8, 4) is 5.69 Å². The number of aromatic nitrogens is 1. The molecule has 1 aromatic heterocycles. The van der Waals surface area contributed by atoms with Crippen LogP contribution in [0.15, 0.2) is 76.2 Å². The molecule has 2 aromatic carbocycles. The van der Waals surface area contributed by atoms with Crippen LogP contribution in [0.25, 0.3) is 11.8 Å². The quantitative estimate of drug-likeness (QED) is 0.448. The zero-order chi connectivity index (χ0) is 21.3. The average Bonchev–Trinajstić information content (AvgIpc) is 3.30. The third-order valence-corrected chi connectivity index (χ3v) is 6.27. The highest BCUT2D eigenvalue weighted by Crippen LogP contribution is 2.34. The molecule has 4 rings (SSSR count). The number of benzene rings is 2. The Morgan fingerprint density at radius 1 is 1.00 bits per heavy atom. The molecule has 30 heavy (non-hydrogen) atoms. The maximum atomic E-state index is 12.9. The summed E-state index contributed by atoms with van der Waals surface area (Å²) in [7, 11) is 4.00. The molecule has 0 bridgehead atoms. The average molecular weight is 482 g/mol. The van der Waals surface area contributed by atoms with E-state index in [2.05, 4.69) is 15.9 Å².